The third kappa shape index (κ3) is 9.07. The first-order valence-electron chi connectivity index (χ1n) is 11.3. The molecule has 0 radical (unpaired) electrons. The summed E-state index contributed by atoms with van der Waals surface area (Å²) in [6.45, 7) is 6.09. The fraction of sp³-hybridized carbons (Fsp3) is 0.296. The van der Waals surface area contributed by atoms with Gasteiger partial charge in [0.15, 0.2) is 0 Å². The highest BCUT2D eigenvalue weighted by molar-refractivity contribution is 7.87. The second-order valence-corrected chi connectivity index (χ2v) is 10.6. The van der Waals surface area contributed by atoms with E-state index in [2.05, 4.69) is 5.32 Å². The van der Waals surface area contributed by atoms with Gasteiger partial charge in [0, 0.05) is 0 Å². The number of carbonyl (C=O) groups excluding carboxylic acids is 1. The van der Waals surface area contributed by atoms with Crippen LogP contribution in [0.3, 0.4) is 0 Å². The van der Waals surface area contributed by atoms with Crippen LogP contribution < -0.4 is 9.50 Å². The zero-order chi connectivity index (χ0) is 25.3. The number of benzene rings is 3. The van der Waals surface area contributed by atoms with E-state index in [0.717, 1.165) is 11.1 Å². The smallest absolute Gasteiger partial charge is 0.407 e. The van der Waals surface area contributed by atoms with Gasteiger partial charge in [-0.05, 0) is 62.6 Å². The van der Waals surface area contributed by atoms with Gasteiger partial charge in [-0.3, -0.25) is 0 Å². The summed E-state index contributed by atoms with van der Waals surface area (Å²) >= 11 is 0. The van der Waals surface area contributed by atoms with E-state index in [9.17, 15) is 13.2 Å². The van der Waals surface area contributed by atoms with Gasteiger partial charge in [0.25, 0.3) is 0 Å². The number of ether oxygens (including phenoxy) is 2. The molecule has 3 rings (SSSR count). The highest BCUT2D eigenvalue weighted by atomic mass is 32.2. The maximum Gasteiger partial charge on any atom is 0.407 e. The number of hydrogen-bond acceptors (Lipinski definition) is 6. The van der Waals surface area contributed by atoms with Crippen LogP contribution in [-0.2, 0) is 32.6 Å². The predicted octanol–water partition coefficient (Wildman–Crippen LogP) is 5.11. The lowest BCUT2D eigenvalue weighted by atomic mass is 10.1. The minimum atomic E-state index is -3.91. The van der Waals surface area contributed by atoms with Gasteiger partial charge in [0.2, 0.25) is 0 Å². The highest BCUT2D eigenvalue weighted by Crippen LogP contribution is 2.20. The summed E-state index contributed by atoms with van der Waals surface area (Å²) in [4.78, 5) is 12.4. The molecule has 1 amide bonds. The Labute approximate surface area is 207 Å². The van der Waals surface area contributed by atoms with Crippen molar-refractivity contribution >= 4 is 16.2 Å². The highest BCUT2D eigenvalue weighted by Gasteiger charge is 2.21. The van der Waals surface area contributed by atoms with Gasteiger partial charge < -0.3 is 19.0 Å². The Morgan fingerprint density at radius 2 is 1.46 bits per heavy atom. The Balaban J connectivity index is 1.64. The lowest BCUT2D eigenvalue weighted by Gasteiger charge is -2.24. The first-order chi connectivity index (χ1) is 16.6. The van der Waals surface area contributed by atoms with Crippen LogP contribution in [0.4, 0.5) is 4.79 Å². The third-order valence-electron chi connectivity index (χ3n) is 4.79. The molecule has 1 unspecified atom stereocenters. The van der Waals surface area contributed by atoms with Gasteiger partial charge in [0.05, 0.1) is 19.3 Å². The molecule has 3 aromatic carbocycles. The zero-order valence-corrected chi connectivity index (χ0v) is 21.0. The monoisotopic (exact) mass is 497 g/mol. The van der Waals surface area contributed by atoms with Crippen LogP contribution in [0.25, 0.3) is 0 Å². The lowest BCUT2D eigenvalue weighted by molar-refractivity contribution is 0.0429. The molecule has 0 aliphatic rings. The van der Waals surface area contributed by atoms with Crippen LogP contribution in [0.5, 0.6) is 5.75 Å². The molecule has 8 heteroatoms. The topological polar surface area (TPSA) is 90.9 Å². The molecule has 0 heterocycles. The Bertz CT molecular complexity index is 1170. The molecule has 0 fully saturated rings. The van der Waals surface area contributed by atoms with Crippen LogP contribution in [0, 0.1) is 0 Å². The molecule has 7 nitrogen and oxygen atoms in total. The molecule has 0 aliphatic heterocycles. The fourth-order valence-electron chi connectivity index (χ4n) is 3.25. The van der Waals surface area contributed by atoms with E-state index in [-0.39, 0.29) is 23.3 Å². The second-order valence-electron chi connectivity index (χ2n) is 9.04. The molecule has 0 aromatic heterocycles. The summed E-state index contributed by atoms with van der Waals surface area (Å²) in [5.74, 6) is 0.203. The molecule has 1 N–H and O–H groups in total. The number of hydrogen-bond donors (Lipinski definition) is 1. The summed E-state index contributed by atoms with van der Waals surface area (Å²) in [5.41, 5.74) is 1.28. The molecule has 0 bridgehead atoms. The first-order valence-corrected chi connectivity index (χ1v) is 12.7. The van der Waals surface area contributed by atoms with Gasteiger partial charge >= 0.3 is 16.2 Å². The van der Waals surface area contributed by atoms with Crippen molar-refractivity contribution in [2.45, 2.75) is 50.3 Å². The van der Waals surface area contributed by atoms with E-state index < -0.39 is 21.8 Å². The lowest BCUT2D eigenvalue weighted by Crippen LogP contribution is -2.42. The maximum absolute atomic E-state index is 12.4. The van der Waals surface area contributed by atoms with Crippen molar-refractivity contribution in [1.29, 1.82) is 0 Å². The van der Waals surface area contributed by atoms with E-state index >= 15 is 0 Å². The minimum Gasteiger partial charge on any atom is -0.444 e. The van der Waals surface area contributed by atoms with Crippen LogP contribution >= 0.6 is 0 Å². The van der Waals surface area contributed by atoms with Gasteiger partial charge in [-0.2, -0.15) is 8.42 Å². The largest absolute Gasteiger partial charge is 0.444 e. The predicted molar refractivity (Wildman–Crippen MR) is 134 cm³/mol. The van der Waals surface area contributed by atoms with Crippen molar-refractivity contribution in [3.8, 4) is 5.75 Å². The van der Waals surface area contributed by atoms with Gasteiger partial charge in [0.1, 0.15) is 16.2 Å². The molecule has 0 saturated heterocycles. The molecule has 186 valence electrons. The summed E-state index contributed by atoms with van der Waals surface area (Å²) in [6, 6.07) is 24.1. The Morgan fingerprint density at radius 1 is 0.857 bits per heavy atom. The van der Waals surface area contributed by atoms with E-state index in [0.29, 0.717) is 13.0 Å². The number of amides is 1. The van der Waals surface area contributed by atoms with Crippen molar-refractivity contribution in [1.82, 2.24) is 5.32 Å². The summed E-state index contributed by atoms with van der Waals surface area (Å²) in [7, 11) is -3.91. The van der Waals surface area contributed by atoms with Gasteiger partial charge in [-0.1, -0.05) is 60.7 Å². The SMILES string of the molecule is CC(C)(C)OC(=O)NC(COCc1ccccc1)Cc1ccc(OS(=O)(=O)c2ccccc2)cc1. The molecule has 3 aromatic rings. The number of carbonyl (C=O) groups is 1. The summed E-state index contributed by atoms with van der Waals surface area (Å²) in [6.07, 6.45) is -0.0700. The Hall–Kier alpha value is -3.36. The number of alkyl carbamates (subject to hydrolysis) is 1. The standard InChI is InChI=1S/C27H31NO6S/c1-27(2,3)33-26(29)28-23(20-32-19-22-10-6-4-7-11-22)18-21-14-16-24(17-15-21)34-35(30,31)25-12-8-5-9-13-25/h4-17,23H,18-20H2,1-3H3,(H,28,29). The molecular formula is C27H31NO6S. The van der Waals surface area contributed by atoms with Crippen molar-refractivity contribution < 1.29 is 26.9 Å². The average molecular weight is 498 g/mol. The summed E-state index contributed by atoms with van der Waals surface area (Å²) in [5, 5.41) is 2.87. The molecule has 35 heavy (non-hydrogen) atoms. The molecule has 1 atom stereocenters. The second kappa shape index (κ2) is 11.9. The van der Waals surface area contributed by atoms with Gasteiger partial charge in [-0.25, -0.2) is 4.79 Å². The van der Waals surface area contributed by atoms with Crippen LogP contribution in [0.15, 0.2) is 89.8 Å². The molecular weight excluding hydrogens is 466 g/mol. The maximum atomic E-state index is 12.4. The first kappa shape index (κ1) is 26.2. The molecule has 0 spiro atoms. The van der Waals surface area contributed by atoms with E-state index in [1.54, 1.807) is 63.2 Å². The third-order valence-corrected chi connectivity index (χ3v) is 6.06. The van der Waals surface area contributed by atoms with Crippen molar-refractivity contribution in [3.63, 3.8) is 0 Å². The number of rotatable bonds is 10. The molecule has 0 saturated carbocycles. The van der Waals surface area contributed by atoms with E-state index in [4.69, 9.17) is 13.7 Å². The molecule has 0 aliphatic carbocycles. The van der Waals surface area contributed by atoms with Crippen LogP contribution in [0.2, 0.25) is 0 Å². The van der Waals surface area contributed by atoms with Crippen LogP contribution in [0.1, 0.15) is 31.9 Å². The van der Waals surface area contributed by atoms with E-state index in [1.165, 1.54) is 12.1 Å². The Morgan fingerprint density at radius 3 is 2.06 bits per heavy atom. The normalized spacial score (nSPS) is 12.5. The van der Waals surface area contributed by atoms with Gasteiger partial charge in [-0.15, -0.1) is 0 Å². The average Bonchev–Trinajstić information content (AvgIpc) is 2.80. The summed E-state index contributed by atoms with van der Waals surface area (Å²) < 4.78 is 41.4. The van der Waals surface area contributed by atoms with E-state index in [1.807, 2.05) is 30.3 Å². The quantitative estimate of drug-likeness (QED) is 0.392. The number of nitrogens with one attached hydrogen (secondary N) is 1. The zero-order valence-electron chi connectivity index (χ0n) is 20.1. The van der Waals surface area contributed by atoms with Crippen molar-refractivity contribution in [2.75, 3.05) is 6.61 Å². The van der Waals surface area contributed by atoms with Crippen molar-refractivity contribution in [3.05, 3.63) is 96.1 Å². The Kier molecular flexibility index (Phi) is 8.89. The fourth-order valence-corrected chi connectivity index (χ4v) is 4.20. The minimum absolute atomic E-state index is 0.0845. The van der Waals surface area contributed by atoms with Crippen molar-refractivity contribution in [2.24, 2.45) is 0 Å². The van der Waals surface area contributed by atoms with Crippen LogP contribution in [-0.4, -0.2) is 32.8 Å².